The number of nitrogens with one attached hydrogen (secondary N) is 2. The third kappa shape index (κ3) is 5.29. The number of ether oxygens (including phenoxy) is 1. The predicted molar refractivity (Wildman–Crippen MR) is 106 cm³/mol. The molecule has 0 bridgehead atoms. The number of hydrogen-bond donors (Lipinski definition) is 2. The number of nitrogens with zero attached hydrogens (tertiary/aromatic N) is 3. The molecule has 154 valence electrons. The second-order valence-corrected chi connectivity index (χ2v) is 9.78. The maximum absolute atomic E-state index is 12.4. The van der Waals surface area contributed by atoms with Gasteiger partial charge in [0, 0.05) is 5.56 Å². The molecule has 0 radical (unpaired) electrons. The van der Waals surface area contributed by atoms with E-state index in [4.69, 9.17) is 4.74 Å². The molecule has 1 aromatic carbocycles. The molecule has 2 N–H and O–H groups in total. The van der Waals surface area contributed by atoms with Crippen molar-refractivity contribution < 1.29 is 22.7 Å². The summed E-state index contributed by atoms with van der Waals surface area (Å²) in [4.78, 5) is 28.2. The fraction of sp³-hybridized carbons (Fsp3) is 0.294. The van der Waals surface area contributed by atoms with Crippen LogP contribution in [-0.4, -0.2) is 47.2 Å². The summed E-state index contributed by atoms with van der Waals surface area (Å²) in [5, 5.41) is 6.17. The third-order valence-corrected chi connectivity index (χ3v) is 6.03. The van der Waals surface area contributed by atoms with E-state index in [1.54, 1.807) is 27.0 Å². The van der Waals surface area contributed by atoms with Crippen molar-refractivity contribution in [3.8, 4) is 11.3 Å². The molecular weight excluding hydrogens is 418 g/mol. The molecule has 3 rings (SSSR count). The number of fused-ring (bicyclic) bond motifs is 1. The van der Waals surface area contributed by atoms with Gasteiger partial charge in [-0.25, -0.2) is 19.0 Å². The zero-order chi connectivity index (χ0) is 21.2. The second kappa shape index (κ2) is 7.79. The van der Waals surface area contributed by atoms with Gasteiger partial charge in [0.1, 0.15) is 12.1 Å². The predicted octanol–water partition coefficient (Wildman–Crippen LogP) is 1.79. The monoisotopic (exact) mass is 437 g/mol. The fourth-order valence-electron chi connectivity index (χ4n) is 2.23. The molecule has 0 spiro atoms. The lowest BCUT2D eigenvalue weighted by Crippen LogP contribution is -2.41. The van der Waals surface area contributed by atoms with Crippen LogP contribution in [0.4, 0.5) is 4.79 Å². The first-order chi connectivity index (χ1) is 13.5. The highest BCUT2D eigenvalue weighted by molar-refractivity contribution is 7.92. The van der Waals surface area contributed by atoms with E-state index < -0.39 is 34.2 Å². The molecule has 0 aliphatic heterocycles. The molecule has 0 saturated heterocycles. The SMILES string of the molecule is CC(C)(C)OC(=O)NCC(=O)NS(=O)(=O)c1nn2cc(-c3ccccc3)nc2s1. The third-order valence-electron chi connectivity index (χ3n) is 3.36. The van der Waals surface area contributed by atoms with Crippen molar-refractivity contribution in [3.63, 3.8) is 0 Å². The molecule has 12 heteroatoms. The minimum Gasteiger partial charge on any atom is -0.444 e. The quantitative estimate of drug-likeness (QED) is 0.622. The maximum atomic E-state index is 12.4. The molecular formula is C17H19N5O5S2. The van der Waals surface area contributed by atoms with Gasteiger partial charge in [-0.05, 0) is 20.8 Å². The number of carbonyl (C=O) groups is 2. The summed E-state index contributed by atoms with van der Waals surface area (Å²) >= 11 is 0.820. The van der Waals surface area contributed by atoms with E-state index in [9.17, 15) is 18.0 Å². The lowest BCUT2D eigenvalue weighted by atomic mass is 10.2. The van der Waals surface area contributed by atoms with Crippen LogP contribution in [-0.2, 0) is 19.6 Å². The summed E-state index contributed by atoms with van der Waals surface area (Å²) < 4.78 is 32.6. The summed E-state index contributed by atoms with van der Waals surface area (Å²) in [7, 11) is -4.20. The summed E-state index contributed by atoms with van der Waals surface area (Å²) in [6.07, 6.45) is 0.776. The van der Waals surface area contributed by atoms with Gasteiger partial charge in [-0.15, -0.1) is 5.10 Å². The van der Waals surface area contributed by atoms with Crippen LogP contribution in [0.2, 0.25) is 0 Å². The van der Waals surface area contributed by atoms with Crippen molar-refractivity contribution in [2.75, 3.05) is 6.54 Å². The zero-order valence-corrected chi connectivity index (χ0v) is 17.5. The number of carbonyl (C=O) groups excluding carboxylic acids is 2. The number of sulfonamides is 1. The van der Waals surface area contributed by atoms with E-state index in [0.29, 0.717) is 10.7 Å². The van der Waals surface area contributed by atoms with Crippen molar-refractivity contribution in [1.29, 1.82) is 0 Å². The number of imidazole rings is 1. The van der Waals surface area contributed by atoms with Crippen LogP contribution in [0.1, 0.15) is 20.8 Å². The summed E-state index contributed by atoms with van der Waals surface area (Å²) in [5.74, 6) is -0.923. The molecule has 0 atom stereocenters. The summed E-state index contributed by atoms with van der Waals surface area (Å²) in [6.45, 7) is 4.44. The maximum Gasteiger partial charge on any atom is 0.408 e. The van der Waals surface area contributed by atoms with Crippen molar-refractivity contribution in [1.82, 2.24) is 24.6 Å². The highest BCUT2D eigenvalue weighted by atomic mass is 32.2. The molecule has 2 heterocycles. The Balaban J connectivity index is 1.66. The topological polar surface area (TPSA) is 132 Å². The largest absolute Gasteiger partial charge is 0.444 e. The van der Waals surface area contributed by atoms with Crippen LogP contribution in [0.3, 0.4) is 0 Å². The second-order valence-electron chi connectivity index (χ2n) is 6.97. The minimum absolute atomic E-state index is 0.315. The summed E-state index contributed by atoms with van der Waals surface area (Å²) in [6, 6.07) is 9.37. The number of benzene rings is 1. The Morgan fingerprint density at radius 2 is 1.90 bits per heavy atom. The molecule has 0 unspecified atom stereocenters. The van der Waals surface area contributed by atoms with Crippen molar-refractivity contribution in [2.45, 2.75) is 30.7 Å². The lowest BCUT2D eigenvalue weighted by Gasteiger charge is -2.19. The molecule has 0 fully saturated rings. The Morgan fingerprint density at radius 3 is 2.52 bits per heavy atom. The van der Waals surface area contributed by atoms with Gasteiger partial charge >= 0.3 is 6.09 Å². The number of alkyl carbamates (subject to hydrolysis) is 1. The Hall–Kier alpha value is -2.99. The van der Waals surface area contributed by atoms with E-state index in [-0.39, 0.29) is 4.34 Å². The van der Waals surface area contributed by atoms with Gasteiger partial charge in [0.05, 0.1) is 11.9 Å². The highest BCUT2D eigenvalue weighted by Gasteiger charge is 2.24. The summed E-state index contributed by atoms with van der Waals surface area (Å²) in [5.41, 5.74) is 0.788. The van der Waals surface area contributed by atoms with E-state index >= 15 is 0 Å². The normalized spacial score (nSPS) is 12.0. The van der Waals surface area contributed by atoms with Crippen LogP contribution < -0.4 is 10.0 Å². The van der Waals surface area contributed by atoms with Crippen molar-refractivity contribution >= 4 is 38.3 Å². The van der Waals surface area contributed by atoms with Crippen molar-refractivity contribution in [3.05, 3.63) is 36.5 Å². The number of hydrogen-bond acceptors (Lipinski definition) is 8. The Bertz CT molecular complexity index is 1110. The molecule has 0 aliphatic rings. The Morgan fingerprint density at radius 1 is 1.21 bits per heavy atom. The van der Waals surface area contributed by atoms with Crippen LogP contribution in [0.25, 0.3) is 16.2 Å². The van der Waals surface area contributed by atoms with Gasteiger partial charge in [0.15, 0.2) is 0 Å². The fourth-order valence-corrected chi connectivity index (χ4v) is 4.29. The molecule has 10 nitrogen and oxygen atoms in total. The average Bonchev–Trinajstić information content (AvgIpc) is 3.18. The molecule has 0 aliphatic carbocycles. The first-order valence-electron chi connectivity index (χ1n) is 8.48. The molecule has 29 heavy (non-hydrogen) atoms. The minimum atomic E-state index is -4.20. The van der Waals surface area contributed by atoms with Crippen LogP contribution in [0.5, 0.6) is 0 Å². The van der Waals surface area contributed by atoms with Crippen LogP contribution >= 0.6 is 11.3 Å². The number of amides is 2. The zero-order valence-electron chi connectivity index (χ0n) is 15.9. The van der Waals surface area contributed by atoms with E-state index in [1.807, 2.05) is 35.1 Å². The number of aromatic nitrogens is 3. The first-order valence-corrected chi connectivity index (χ1v) is 10.8. The molecule has 3 aromatic rings. The Kier molecular flexibility index (Phi) is 5.57. The van der Waals surface area contributed by atoms with Gasteiger partial charge in [-0.2, -0.15) is 8.42 Å². The van der Waals surface area contributed by atoms with E-state index in [1.165, 1.54) is 4.52 Å². The van der Waals surface area contributed by atoms with Gasteiger partial charge in [-0.3, -0.25) is 4.79 Å². The van der Waals surface area contributed by atoms with Crippen LogP contribution in [0.15, 0.2) is 40.9 Å². The molecule has 2 amide bonds. The average molecular weight is 438 g/mol. The van der Waals surface area contributed by atoms with Crippen molar-refractivity contribution in [2.24, 2.45) is 0 Å². The van der Waals surface area contributed by atoms with E-state index in [2.05, 4.69) is 15.4 Å². The molecule has 0 saturated carbocycles. The molecule has 2 aromatic heterocycles. The smallest absolute Gasteiger partial charge is 0.408 e. The van der Waals surface area contributed by atoms with Gasteiger partial charge in [0.25, 0.3) is 20.3 Å². The standard InChI is InChI=1S/C17H19N5O5S2/c1-17(2,3)27-15(24)18-9-13(23)21-29(25,26)16-20-22-10-12(19-14(22)28-16)11-7-5-4-6-8-11/h4-8,10H,9H2,1-3H3,(H,18,24)(H,21,23). The van der Waals surface area contributed by atoms with Gasteiger partial charge in [0.2, 0.25) is 4.96 Å². The van der Waals surface area contributed by atoms with E-state index in [0.717, 1.165) is 16.9 Å². The van der Waals surface area contributed by atoms with Crippen LogP contribution in [0, 0.1) is 0 Å². The number of rotatable bonds is 5. The highest BCUT2D eigenvalue weighted by Crippen LogP contribution is 2.23. The first kappa shape index (κ1) is 20.7. The Labute approximate surface area is 171 Å². The van der Waals surface area contributed by atoms with Gasteiger partial charge < -0.3 is 10.1 Å². The lowest BCUT2D eigenvalue weighted by molar-refractivity contribution is -0.118. The van der Waals surface area contributed by atoms with Gasteiger partial charge in [-0.1, -0.05) is 41.7 Å².